The summed E-state index contributed by atoms with van der Waals surface area (Å²) in [6, 6.07) is 0. The average Bonchev–Trinajstić information content (AvgIpc) is 2.39. The molecular weight excluding hydrogens is 260 g/mol. The molecule has 116 valence electrons. The molecule has 3 N–H and O–H groups in total. The van der Waals surface area contributed by atoms with Gasteiger partial charge in [0.2, 0.25) is 5.91 Å². The predicted octanol–water partition coefficient (Wildman–Crippen LogP) is 0.197. The van der Waals surface area contributed by atoms with Crippen LogP contribution in [0.15, 0.2) is 0 Å². The molecule has 0 aromatic heterocycles. The van der Waals surface area contributed by atoms with Crippen molar-refractivity contribution in [3.63, 3.8) is 0 Å². The molecule has 1 rings (SSSR count). The molecule has 20 heavy (non-hydrogen) atoms. The molecule has 1 saturated carbocycles. The molecular formula is C14H26N2O4. The number of aliphatic hydroxyl groups is 1. The number of nitrogens with one attached hydrogen (secondary N) is 2. The minimum absolute atomic E-state index is 0.0551. The fourth-order valence-corrected chi connectivity index (χ4v) is 2.48. The zero-order chi connectivity index (χ0) is 15.0. The molecule has 0 spiro atoms. The molecule has 6 heteroatoms. The summed E-state index contributed by atoms with van der Waals surface area (Å²) >= 11 is 0. The number of carbonyl (C=O) groups excluding carboxylic acids is 2. The van der Waals surface area contributed by atoms with Crippen LogP contribution in [0.25, 0.3) is 0 Å². The third-order valence-corrected chi connectivity index (χ3v) is 3.67. The van der Waals surface area contributed by atoms with Crippen LogP contribution < -0.4 is 10.6 Å². The molecule has 1 amide bonds. The molecule has 0 bridgehead atoms. The Hall–Kier alpha value is -1.14. The predicted molar refractivity (Wildman–Crippen MR) is 75.1 cm³/mol. The fourth-order valence-electron chi connectivity index (χ4n) is 2.48. The molecule has 0 unspecified atom stereocenters. The van der Waals surface area contributed by atoms with E-state index in [4.69, 9.17) is 4.74 Å². The molecule has 0 aliphatic heterocycles. The number of rotatable bonds is 7. The van der Waals surface area contributed by atoms with Gasteiger partial charge in [0, 0.05) is 26.6 Å². The zero-order valence-electron chi connectivity index (χ0n) is 12.4. The quantitative estimate of drug-likeness (QED) is 0.459. The van der Waals surface area contributed by atoms with E-state index >= 15 is 0 Å². The maximum Gasteiger partial charge on any atom is 0.308 e. The molecule has 0 aromatic rings. The van der Waals surface area contributed by atoms with E-state index in [1.165, 1.54) is 6.92 Å². The second-order valence-electron chi connectivity index (χ2n) is 5.41. The van der Waals surface area contributed by atoms with Gasteiger partial charge in [-0.3, -0.25) is 9.59 Å². The van der Waals surface area contributed by atoms with Crippen molar-refractivity contribution in [3.8, 4) is 0 Å². The van der Waals surface area contributed by atoms with Gasteiger partial charge in [-0.05, 0) is 32.6 Å². The lowest BCUT2D eigenvalue weighted by Gasteiger charge is -2.35. The van der Waals surface area contributed by atoms with Crippen LogP contribution in [-0.4, -0.2) is 48.8 Å². The minimum atomic E-state index is -0.751. The van der Waals surface area contributed by atoms with Crippen LogP contribution in [0.3, 0.4) is 0 Å². The van der Waals surface area contributed by atoms with Crippen LogP contribution in [0.4, 0.5) is 0 Å². The van der Waals surface area contributed by atoms with Gasteiger partial charge in [-0.2, -0.15) is 0 Å². The minimum Gasteiger partial charge on any atom is -0.466 e. The van der Waals surface area contributed by atoms with Gasteiger partial charge in [0.05, 0.1) is 18.1 Å². The van der Waals surface area contributed by atoms with Gasteiger partial charge in [-0.1, -0.05) is 0 Å². The lowest BCUT2D eigenvalue weighted by molar-refractivity contribution is -0.151. The van der Waals surface area contributed by atoms with E-state index in [0.717, 1.165) is 0 Å². The van der Waals surface area contributed by atoms with Crippen molar-refractivity contribution in [2.45, 2.75) is 45.1 Å². The average molecular weight is 286 g/mol. The van der Waals surface area contributed by atoms with Gasteiger partial charge < -0.3 is 20.5 Å². The maximum absolute atomic E-state index is 11.6. The first-order chi connectivity index (χ1) is 9.47. The number of carbonyl (C=O) groups is 2. The Balaban J connectivity index is 2.21. The molecule has 0 atom stereocenters. The second kappa shape index (κ2) is 8.21. The fraction of sp³-hybridized carbons (Fsp3) is 0.857. The summed E-state index contributed by atoms with van der Waals surface area (Å²) < 4.78 is 5.01. The van der Waals surface area contributed by atoms with E-state index in [1.54, 1.807) is 6.92 Å². The van der Waals surface area contributed by atoms with Crippen LogP contribution in [-0.2, 0) is 14.3 Å². The smallest absolute Gasteiger partial charge is 0.308 e. The summed E-state index contributed by atoms with van der Waals surface area (Å²) in [6.07, 6.45) is 2.54. The Morgan fingerprint density at radius 3 is 2.50 bits per heavy atom. The van der Waals surface area contributed by atoms with Crippen molar-refractivity contribution >= 4 is 11.9 Å². The normalized spacial score (nSPS) is 26.1. The first kappa shape index (κ1) is 16.9. The van der Waals surface area contributed by atoms with Gasteiger partial charge in [0.25, 0.3) is 0 Å². The monoisotopic (exact) mass is 286 g/mol. The van der Waals surface area contributed by atoms with Gasteiger partial charge in [0.1, 0.15) is 0 Å². The first-order valence-corrected chi connectivity index (χ1v) is 7.31. The van der Waals surface area contributed by atoms with Gasteiger partial charge in [0.15, 0.2) is 0 Å². The number of hydrogen-bond donors (Lipinski definition) is 3. The van der Waals surface area contributed by atoms with Crippen LogP contribution in [0.1, 0.15) is 39.5 Å². The third-order valence-electron chi connectivity index (χ3n) is 3.67. The third kappa shape index (κ3) is 5.88. The highest BCUT2D eigenvalue weighted by Gasteiger charge is 2.35. The number of esters is 1. The Kier molecular flexibility index (Phi) is 6.95. The lowest BCUT2D eigenvalue weighted by atomic mass is 9.79. The van der Waals surface area contributed by atoms with Crippen molar-refractivity contribution in [3.05, 3.63) is 0 Å². The Morgan fingerprint density at radius 2 is 1.95 bits per heavy atom. The summed E-state index contributed by atoms with van der Waals surface area (Å²) in [5, 5.41) is 16.2. The van der Waals surface area contributed by atoms with E-state index in [-0.39, 0.29) is 17.8 Å². The highest BCUT2D eigenvalue weighted by Crippen LogP contribution is 2.32. The zero-order valence-corrected chi connectivity index (χ0v) is 12.4. The number of amides is 1. The van der Waals surface area contributed by atoms with Crippen LogP contribution in [0, 0.1) is 5.92 Å². The van der Waals surface area contributed by atoms with Crippen molar-refractivity contribution in [2.75, 3.05) is 26.2 Å². The van der Waals surface area contributed by atoms with Crippen molar-refractivity contribution < 1.29 is 19.4 Å². The largest absolute Gasteiger partial charge is 0.466 e. The summed E-state index contributed by atoms with van der Waals surface area (Å²) in [6.45, 7) is 5.35. The van der Waals surface area contributed by atoms with Crippen LogP contribution >= 0.6 is 0 Å². The molecule has 0 radical (unpaired) electrons. The molecule has 0 heterocycles. The SMILES string of the molecule is CCOC(=O)C1CCC(O)(CNCCNC(C)=O)CC1. The topological polar surface area (TPSA) is 87.7 Å². The van der Waals surface area contributed by atoms with Gasteiger partial charge in [-0.15, -0.1) is 0 Å². The first-order valence-electron chi connectivity index (χ1n) is 7.31. The summed E-state index contributed by atoms with van der Waals surface area (Å²) in [7, 11) is 0. The van der Waals surface area contributed by atoms with E-state index in [1.807, 2.05) is 0 Å². The van der Waals surface area contributed by atoms with E-state index < -0.39 is 5.60 Å². The van der Waals surface area contributed by atoms with E-state index in [2.05, 4.69) is 10.6 Å². The Labute approximate surface area is 120 Å². The molecule has 1 aliphatic carbocycles. The van der Waals surface area contributed by atoms with Crippen molar-refractivity contribution in [1.29, 1.82) is 0 Å². The Bertz CT molecular complexity index is 325. The lowest BCUT2D eigenvalue weighted by Crippen LogP contribution is -2.46. The second-order valence-corrected chi connectivity index (χ2v) is 5.41. The standard InChI is InChI=1S/C14H26N2O4/c1-3-20-13(18)12-4-6-14(19,7-5-12)10-15-8-9-16-11(2)17/h12,15,19H,3-10H2,1-2H3,(H,16,17). The van der Waals surface area contributed by atoms with E-state index in [0.29, 0.717) is 51.9 Å². The van der Waals surface area contributed by atoms with Gasteiger partial charge >= 0.3 is 5.97 Å². The molecule has 1 aliphatic rings. The van der Waals surface area contributed by atoms with Crippen LogP contribution in [0.5, 0.6) is 0 Å². The van der Waals surface area contributed by atoms with Gasteiger partial charge in [-0.25, -0.2) is 0 Å². The molecule has 0 saturated heterocycles. The van der Waals surface area contributed by atoms with Crippen molar-refractivity contribution in [2.24, 2.45) is 5.92 Å². The highest BCUT2D eigenvalue weighted by atomic mass is 16.5. The van der Waals surface area contributed by atoms with E-state index in [9.17, 15) is 14.7 Å². The van der Waals surface area contributed by atoms with Crippen LogP contribution in [0.2, 0.25) is 0 Å². The Morgan fingerprint density at radius 1 is 1.30 bits per heavy atom. The molecule has 1 fully saturated rings. The molecule has 0 aromatic carbocycles. The summed E-state index contributed by atoms with van der Waals surface area (Å²) in [5.74, 6) is -0.275. The number of ether oxygens (including phenoxy) is 1. The maximum atomic E-state index is 11.6. The highest BCUT2D eigenvalue weighted by molar-refractivity contribution is 5.73. The molecule has 6 nitrogen and oxygen atoms in total. The summed E-state index contributed by atoms with van der Waals surface area (Å²) in [5.41, 5.74) is -0.751. The summed E-state index contributed by atoms with van der Waals surface area (Å²) in [4.78, 5) is 22.3. The number of hydrogen-bond acceptors (Lipinski definition) is 5. The van der Waals surface area contributed by atoms with Crippen molar-refractivity contribution in [1.82, 2.24) is 10.6 Å².